The molecule has 0 bridgehead atoms. The first-order chi connectivity index (χ1) is 13.8. The number of rotatable bonds is 6. The SMILES string of the molecule is CC(C)(C1CC(CNc2ccc(Cl)c(F)c2)C1)S(=O)(=O)c1cccc(C(F)(F)F)c1. The molecule has 0 atom stereocenters. The molecule has 1 saturated carbocycles. The van der Waals surface area contributed by atoms with Crippen molar-refractivity contribution in [3.8, 4) is 0 Å². The Bertz CT molecular complexity index is 1030. The first-order valence-corrected chi connectivity index (χ1v) is 11.3. The molecule has 9 heteroatoms. The van der Waals surface area contributed by atoms with E-state index in [9.17, 15) is 26.0 Å². The van der Waals surface area contributed by atoms with Gasteiger partial charge in [0, 0.05) is 12.2 Å². The fourth-order valence-corrected chi connectivity index (χ4v) is 5.60. The van der Waals surface area contributed by atoms with E-state index in [0.717, 1.165) is 12.1 Å². The van der Waals surface area contributed by atoms with E-state index >= 15 is 0 Å². The van der Waals surface area contributed by atoms with Gasteiger partial charge in [-0.2, -0.15) is 13.2 Å². The maximum Gasteiger partial charge on any atom is 0.416 e. The number of hydrogen-bond acceptors (Lipinski definition) is 3. The molecule has 3 rings (SSSR count). The van der Waals surface area contributed by atoms with Gasteiger partial charge in [0.25, 0.3) is 0 Å². The van der Waals surface area contributed by atoms with E-state index < -0.39 is 32.1 Å². The summed E-state index contributed by atoms with van der Waals surface area (Å²) in [5.41, 5.74) is -0.401. The topological polar surface area (TPSA) is 46.2 Å². The zero-order valence-electron chi connectivity index (χ0n) is 16.4. The number of nitrogens with one attached hydrogen (secondary N) is 1. The summed E-state index contributed by atoms with van der Waals surface area (Å²) in [6, 6.07) is 8.28. The van der Waals surface area contributed by atoms with Crippen molar-refractivity contribution < 1.29 is 26.0 Å². The van der Waals surface area contributed by atoms with E-state index in [2.05, 4.69) is 5.32 Å². The average Bonchev–Trinajstić information content (AvgIpc) is 2.62. The largest absolute Gasteiger partial charge is 0.416 e. The molecule has 164 valence electrons. The van der Waals surface area contributed by atoms with Crippen LogP contribution in [0.2, 0.25) is 5.02 Å². The Morgan fingerprint density at radius 1 is 1.10 bits per heavy atom. The van der Waals surface area contributed by atoms with Gasteiger partial charge in [-0.15, -0.1) is 0 Å². The van der Waals surface area contributed by atoms with Crippen LogP contribution in [-0.4, -0.2) is 19.7 Å². The van der Waals surface area contributed by atoms with E-state index in [1.54, 1.807) is 19.9 Å². The minimum Gasteiger partial charge on any atom is -0.385 e. The van der Waals surface area contributed by atoms with Gasteiger partial charge in [0.05, 0.1) is 20.2 Å². The molecular weight excluding hydrogens is 442 g/mol. The van der Waals surface area contributed by atoms with Gasteiger partial charge in [0.1, 0.15) is 5.82 Å². The molecule has 0 amide bonds. The lowest BCUT2D eigenvalue weighted by Gasteiger charge is -2.45. The van der Waals surface area contributed by atoms with Crippen molar-refractivity contribution in [3.63, 3.8) is 0 Å². The van der Waals surface area contributed by atoms with E-state index in [-0.39, 0.29) is 21.8 Å². The molecule has 0 radical (unpaired) electrons. The quantitative estimate of drug-likeness (QED) is 0.520. The van der Waals surface area contributed by atoms with Crippen molar-refractivity contribution >= 4 is 27.1 Å². The van der Waals surface area contributed by atoms with Crippen LogP contribution < -0.4 is 5.32 Å². The molecule has 1 N–H and O–H groups in total. The lowest BCUT2D eigenvalue weighted by atomic mass is 9.69. The van der Waals surface area contributed by atoms with Crippen molar-refractivity contribution in [2.75, 3.05) is 11.9 Å². The molecule has 0 saturated heterocycles. The molecule has 0 aromatic heterocycles. The average molecular weight is 464 g/mol. The Kier molecular flexibility index (Phi) is 6.13. The molecule has 0 aliphatic heterocycles. The molecule has 2 aromatic rings. The molecule has 0 heterocycles. The van der Waals surface area contributed by atoms with Crippen molar-refractivity contribution in [2.24, 2.45) is 11.8 Å². The lowest BCUT2D eigenvalue weighted by molar-refractivity contribution is -0.137. The molecule has 2 aromatic carbocycles. The highest BCUT2D eigenvalue weighted by Crippen LogP contribution is 2.46. The van der Waals surface area contributed by atoms with Crippen molar-refractivity contribution in [2.45, 2.75) is 42.5 Å². The summed E-state index contributed by atoms with van der Waals surface area (Å²) in [7, 11) is -3.97. The molecule has 1 fully saturated rings. The number of halogens is 5. The zero-order chi connectivity index (χ0) is 22.3. The summed E-state index contributed by atoms with van der Waals surface area (Å²) >= 11 is 5.66. The predicted molar refractivity (Wildman–Crippen MR) is 109 cm³/mol. The summed E-state index contributed by atoms with van der Waals surface area (Å²) in [5, 5.41) is 3.14. The molecule has 30 heavy (non-hydrogen) atoms. The molecule has 3 nitrogen and oxygen atoms in total. The summed E-state index contributed by atoms with van der Waals surface area (Å²) in [4.78, 5) is -0.319. The van der Waals surface area contributed by atoms with Crippen LogP contribution >= 0.6 is 11.6 Å². The van der Waals surface area contributed by atoms with Crippen LogP contribution in [0.3, 0.4) is 0 Å². The fourth-order valence-electron chi connectivity index (χ4n) is 3.70. The second kappa shape index (κ2) is 8.04. The number of sulfone groups is 1. The van der Waals surface area contributed by atoms with E-state index in [0.29, 0.717) is 31.1 Å². The summed E-state index contributed by atoms with van der Waals surface area (Å²) in [5.74, 6) is -0.531. The maximum atomic E-state index is 13.5. The Balaban J connectivity index is 1.66. The highest BCUT2D eigenvalue weighted by Gasteiger charge is 2.48. The van der Waals surface area contributed by atoms with Crippen molar-refractivity contribution in [1.29, 1.82) is 0 Å². The van der Waals surface area contributed by atoms with Crippen molar-refractivity contribution in [1.82, 2.24) is 0 Å². The van der Waals surface area contributed by atoms with Gasteiger partial charge in [-0.3, -0.25) is 0 Å². The zero-order valence-corrected chi connectivity index (χ0v) is 18.0. The normalized spacial score (nSPS) is 20.0. The minimum atomic E-state index is -4.61. The van der Waals surface area contributed by atoms with Crippen LogP contribution in [-0.2, 0) is 16.0 Å². The number of alkyl halides is 3. The third kappa shape index (κ3) is 4.44. The second-order valence-corrected chi connectivity index (χ2v) is 11.1. The van der Waals surface area contributed by atoms with Gasteiger partial charge in [0.15, 0.2) is 9.84 Å². The standard InChI is InChI=1S/C21H22ClF4NO2S/c1-20(2,30(28,29)17-5-3-4-14(10-17)21(24,25)26)15-8-13(9-15)12-27-16-6-7-18(22)19(23)11-16/h3-7,10-11,13,15,27H,8-9,12H2,1-2H3. The number of anilines is 1. The Morgan fingerprint density at radius 2 is 1.77 bits per heavy atom. The predicted octanol–water partition coefficient (Wildman–Crippen LogP) is 6.19. The fraction of sp³-hybridized carbons (Fsp3) is 0.429. The first-order valence-electron chi connectivity index (χ1n) is 9.43. The number of benzene rings is 2. The molecule has 0 spiro atoms. The smallest absolute Gasteiger partial charge is 0.385 e. The van der Waals surface area contributed by atoms with Gasteiger partial charge in [0.2, 0.25) is 0 Å². The van der Waals surface area contributed by atoms with E-state index in [1.807, 2.05) is 0 Å². The van der Waals surface area contributed by atoms with E-state index in [1.165, 1.54) is 18.2 Å². The Labute approximate surface area is 178 Å². The molecular formula is C21H22ClF4NO2S. The highest BCUT2D eigenvalue weighted by molar-refractivity contribution is 7.92. The third-order valence-corrected chi connectivity index (χ3v) is 8.80. The summed E-state index contributed by atoms with van der Waals surface area (Å²) in [6.45, 7) is 3.66. The van der Waals surface area contributed by atoms with Gasteiger partial charge < -0.3 is 5.32 Å². The van der Waals surface area contributed by atoms with Crippen LogP contribution in [0.1, 0.15) is 32.3 Å². The lowest BCUT2D eigenvalue weighted by Crippen LogP contribution is -2.47. The van der Waals surface area contributed by atoms with E-state index in [4.69, 9.17) is 11.6 Å². The first kappa shape index (κ1) is 22.9. The van der Waals surface area contributed by atoms with Gasteiger partial charge in [-0.25, -0.2) is 12.8 Å². The van der Waals surface area contributed by atoms with Gasteiger partial charge in [-0.1, -0.05) is 17.7 Å². The van der Waals surface area contributed by atoms with Crippen molar-refractivity contribution in [3.05, 3.63) is 58.9 Å². The van der Waals surface area contributed by atoms with Gasteiger partial charge in [-0.05, 0) is 74.9 Å². The molecule has 0 unspecified atom stereocenters. The number of hydrogen-bond donors (Lipinski definition) is 1. The highest BCUT2D eigenvalue weighted by atomic mass is 35.5. The monoisotopic (exact) mass is 463 g/mol. The Morgan fingerprint density at radius 3 is 2.37 bits per heavy atom. The molecule has 1 aliphatic rings. The second-order valence-electron chi connectivity index (χ2n) is 8.18. The van der Waals surface area contributed by atoms with Gasteiger partial charge >= 0.3 is 6.18 Å². The Hall–Kier alpha value is -1.80. The van der Waals surface area contributed by atoms with Crippen LogP contribution in [0.15, 0.2) is 47.4 Å². The summed E-state index contributed by atoms with van der Waals surface area (Å²) in [6.07, 6.45) is -3.40. The molecule has 1 aliphatic carbocycles. The van der Waals surface area contributed by atoms with Crippen LogP contribution in [0, 0.1) is 17.7 Å². The maximum absolute atomic E-state index is 13.5. The van der Waals surface area contributed by atoms with Crippen LogP contribution in [0.25, 0.3) is 0 Å². The van der Waals surface area contributed by atoms with Crippen LogP contribution in [0.5, 0.6) is 0 Å². The minimum absolute atomic E-state index is 0.0332. The van der Waals surface area contributed by atoms with Crippen LogP contribution in [0.4, 0.5) is 23.2 Å². The summed E-state index contributed by atoms with van der Waals surface area (Å²) < 4.78 is 77.4. The third-order valence-electron chi connectivity index (χ3n) is 5.90.